The Bertz CT molecular complexity index is 949. The lowest BCUT2D eigenvalue weighted by atomic mass is 10.1. The van der Waals surface area contributed by atoms with Crippen molar-refractivity contribution in [3.8, 4) is 0 Å². The Morgan fingerprint density at radius 2 is 1.82 bits per heavy atom. The van der Waals surface area contributed by atoms with Gasteiger partial charge in [0.25, 0.3) is 11.8 Å². The van der Waals surface area contributed by atoms with Crippen molar-refractivity contribution in [1.29, 1.82) is 0 Å². The minimum atomic E-state index is -0.140. The number of amides is 2. The molecular formula is C25H33N5O3. The van der Waals surface area contributed by atoms with E-state index in [0.29, 0.717) is 36.8 Å². The predicted molar refractivity (Wildman–Crippen MR) is 129 cm³/mol. The van der Waals surface area contributed by atoms with Crippen molar-refractivity contribution >= 4 is 23.3 Å². The van der Waals surface area contributed by atoms with Gasteiger partial charge in [-0.3, -0.25) is 9.59 Å². The van der Waals surface area contributed by atoms with Crippen LogP contribution in [-0.2, 0) is 4.74 Å². The smallest absolute Gasteiger partial charge is 0.253 e. The number of carbonyl (C=O) groups is 2. The number of nitrogens with one attached hydrogen (secondary N) is 2. The van der Waals surface area contributed by atoms with Crippen LogP contribution in [0.3, 0.4) is 0 Å². The molecular weight excluding hydrogens is 418 g/mol. The normalized spacial score (nSPS) is 18.5. The number of nitrogens with zero attached hydrogens (tertiary/aromatic N) is 3. The molecule has 8 heteroatoms. The fourth-order valence-electron chi connectivity index (χ4n) is 4.25. The van der Waals surface area contributed by atoms with Crippen LogP contribution in [-0.4, -0.2) is 73.2 Å². The van der Waals surface area contributed by atoms with E-state index in [-0.39, 0.29) is 17.9 Å². The van der Waals surface area contributed by atoms with Gasteiger partial charge in [0.2, 0.25) is 0 Å². The highest BCUT2D eigenvalue weighted by Gasteiger charge is 2.24. The summed E-state index contributed by atoms with van der Waals surface area (Å²) >= 11 is 0. The number of piperazine rings is 1. The van der Waals surface area contributed by atoms with Crippen LogP contribution >= 0.6 is 0 Å². The maximum atomic E-state index is 13.0. The van der Waals surface area contributed by atoms with Gasteiger partial charge in [0, 0.05) is 62.7 Å². The summed E-state index contributed by atoms with van der Waals surface area (Å²) < 4.78 is 5.54. The number of aromatic nitrogens is 1. The van der Waals surface area contributed by atoms with Crippen molar-refractivity contribution < 1.29 is 14.3 Å². The summed E-state index contributed by atoms with van der Waals surface area (Å²) in [5, 5.41) is 6.36. The van der Waals surface area contributed by atoms with Gasteiger partial charge in [-0.2, -0.15) is 0 Å². The fourth-order valence-corrected chi connectivity index (χ4v) is 4.25. The van der Waals surface area contributed by atoms with E-state index in [1.807, 2.05) is 17.0 Å². The molecule has 0 spiro atoms. The quantitative estimate of drug-likeness (QED) is 0.673. The van der Waals surface area contributed by atoms with Crippen molar-refractivity contribution in [3.05, 3.63) is 53.7 Å². The van der Waals surface area contributed by atoms with E-state index in [9.17, 15) is 9.59 Å². The molecule has 3 heterocycles. The third kappa shape index (κ3) is 5.82. The van der Waals surface area contributed by atoms with E-state index in [0.717, 1.165) is 44.0 Å². The van der Waals surface area contributed by atoms with Crippen LogP contribution in [0.15, 0.2) is 42.6 Å². The number of rotatable bonds is 7. The van der Waals surface area contributed by atoms with Crippen LogP contribution in [0.4, 0.5) is 11.5 Å². The average molecular weight is 452 g/mol. The Labute approximate surface area is 195 Å². The molecule has 0 radical (unpaired) electrons. The first-order valence-electron chi connectivity index (χ1n) is 11.8. The molecule has 4 rings (SSSR count). The van der Waals surface area contributed by atoms with Crippen LogP contribution in [0.1, 0.15) is 47.4 Å². The van der Waals surface area contributed by atoms with Crippen LogP contribution in [0, 0.1) is 0 Å². The van der Waals surface area contributed by atoms with Crippen LogP contribution in [0.2, 0.25) is 0 Å². The van der Waals surface area contributed by atoms with Gasteiger partial charge >= 0.3 is 0 Å². The van der Waals surface area contributed by atoms with Gasteiger partial charge in [0.1, 0.15) is 0 Å². The standard InChI is InChI=1S/C25H33N5O3/c1-18(2)28-22-6-3-11-26-23(22)29-12-14-30(15-13-29)25(32)20-9-7-19(8-10-20)24(31)27-17-21-5-4-16-33-21/h3,6-11,18,21,28H,4-5,12-17H2,1-2H3,(H,27,31). The first-order chi connectivity index (χ1) is 16.0. The summed E-state index contributed by atoms with van der Waals surface area (Å²) in [5.74, 6) is 0.776. The van der Waals surface area contributed by atoms with Gasteiger partial charge in [-0.05, 0) is 63.1 Å². The maximum Gasteiger partial charge on any atom is 0.253 e. The van der Waals surface area contributed by atoms with Crippen molar-refractivity contribution in [2.24, 2.45) is 0 Å². The van der Waals surface area contributed by atoms with E-state index >= 15 is 0 Å². The average Bonchev–Trinajstić information content (AvgIpc) is 3.36. The Balaban J connectivity index is 1.31. The topological polar surface area (TPSA) is 86.8 Å². The zero-order valence-electron chi connectivity index (χ0n) is 19.4. The van der Waals surface area contributed by atoms with Crippen molar-refractivity contribution in [2.75, 3.05) is 49.5 Å². The van der Waals surface area contributed by atoms with Gasteiger partial charge in [-0.15, -0.1) is 0 Å². The molecule has 2 fully saturated rings. The lowest BCUT2D eigenvalue weighted by molar-refractivity contribution is 0.0746. The minimum absolute atomic E-state index is 0.0116. The predicted octanol–water partition coefficient (Wildman–Crippen LogP) is 2.77. The highest BCUT2D eigenvalue weighted by Crippen LogP contribution is 2.25. The second-order valence-corrected chi connectivity index (χ2v) is 8.88. The summed E-state index contributed by atoms with van der Waals surface area (Å²) in [5.41, 5.74) is 2.16. The number of anilines is 2. The van der Waals surface area contributed by atoms with E-state index in [1.165, 1.54) is 0 Å². The molecule has 2 amide bonds. The first kappa shape index (κ1) is 23.0. The van der Waals surface area contributed by atoms with E-state index in [2.05, 4.69) is 34.4 Å². The van der Waals surface area contributed by atoms with E-state index in [1.54, 1.807) is 30.5 Å². The number of carbonyl (C=O) groups excluding carboxylic acids is 2. The van der Waals surface area contributed by atoms with E-state index < -0.39 is 0 Å². The van der Waals surface area contributed by atoms with Crippen LogP contribution < -0.4 is 15.5 Å². The molecule has 2 aromatic rings. The molecule has 1 aromatic heterocycles. The van der Waals surface area contributed by atoms with Crippen molar-refractivity contribution in [2.45, 2.75) is 38.8 Å². The van der Waals surface area contributed by atoms with Gasteiger partial charge in [-0.1, -0.05) is 0 Å². The second kappa shape index (κ2) is 10.7. The van der Waals surface area contributed by atoms with Gasteiger partial charge in [0.05, 0.1) is 11.8 Å². The number of pyridine rings is 1. The number of ether oxygens (including phenoxy) is 1. The highest BCUT2D eigenvalue weighted by molar-refractivity contribution is 5.98. The summed E-state index contributed by atoms with van der Waals surface area (Å²) in [7, 11) is 0. The third-order valence-corrected chi connectivity index (χ3v) is 6.01. The molecule has 33 heavy (non-hydrogen) atoms. The SMILES string of the molecule is CC(C)Nc1cccnc1N1CCN(C(=O)c2ccc(C(=O)NCC3CCCO3)cc2)CC1. The summed E-state index contributed by atoms with van der Waals surface area (Å²) in [6, 6.07) is 11.2. The molecule has 0 bridgehead atoms. The molecule has 2 N–H and O–H groups in total. The zero-order chi connectivity index (χ0) is 23.2. The summed E-state index contributed by atoms with van der Waals surface area (Å²) in [6.07, 6.45) is 3.94. The largest absolute Gasteiger partial charge is 0.380 e. The van der Waals surface area contributed by atoms with Crippen molar-refractivity contribution in [1.82, 2.24) is 15.2 Å². The highest BCUT2D eigenvalue weighted by atomic mass is 16.5. The zero-order valence-corrected chi connectivity index (χ0v) is 19.4. The lowest BCUT2D eigenvalue weighted by Crippen LogP contribution is -2.49. The Kier molecular flexibility index (Phi) is 7.44. The van der Waals surface area contributed by atoms with Gasteiger partial charge in [-0.25, -0.2) is 4.98 Å². The summed E-state index contributed by atoms with van der Waals surface area (Å²) in [6.45, 7) is 8.19. The molecule has 176 valence electrons. The maximum absolute atomic E-state index is 13.0. The lowest BCUT2D eigenvalue weighted by Gasteiger charge is -2.36. The molecule has 2 aliphatic rings. The molecule has 1 aromatic carbocycles. The third-order valence-electron chi connectivity index (χ3n) is 6.01. The van der Waals surface area contributed by atoms with Crippen molar-refractivity contribution in [3.63, 3.8) is 0 Å². The molecule has 2 saturated heterocycles. The Hall–Kier alpha value is -3.13. The molecule has 0 aliphatic carbocycles. The molecule has 0 saturated carbocycles. The Morgan fingerprint density at radius 1 is 1.09 bits per heavy atom. The fraction of sp³-hybridized carbons (Fsp3) is 0.480. The van der Waals surface area contributed by atoms with Gasteiger partial charge < -0.3 is 25.2 Å². The monoisotopic (exact) mass is 451 g/mol. The second-order valence-electron chi connectivity index (χ2n) is 8.88. The van der Waals surface area contributed by atoms with Gasteiger partial charge in [0.15, 0.2) is 5.82 Å². The van der Waals surface area contributed by atoms with Crippen LogP contribution in [0.25, 0.3) is 0 Å². The number of benzene rings is 1. The molecule has 8 nitrogen and oxygen atoms in total. The minimum Gasteiger partial charge on any atom is -0.380 e. The molecule has 2 aliphatic heterocycles. The molecule has 1 atom stereocenters. The molecule has 1 unspecified atom stereocenters. The van der Waals surface area contributed by atoms with Crippen LogP contribution in [0.5, 0.6) is 0 Å². The summed E-state index contributed by atoms with van der Waals surface area (Å²) in [4.78, 5) is 34.0. The number of hydrogen-bond donors (Lipinski definition) is 2. The first-order valence-corrected chi connectivity index (χ1v) is 11.8. The Morgan fingerprint density at radius 3 is 2.48 bits per heavy atom. The number of hydrogen-bond acceptors (Lipinski definition) is 6. The van der Waals surface area contributed by atoms with E-state index in [4.69, 9.17) is 4.74 Å².